The standard InChI is InChI=1S/C24H27FN4O3/c1-3-28-20-14-18(26-22(30)16-8-10-17(25)11-9-16)19(27-12-6-5-7-13-27)15-21(20)29(4-2)24(32)23(28)31/h8-11,14-15H,3-7,12-13H2,1-2H3,(H,26,30). The predicted molar refractivity (Wildman–Crippen MR) is 124 cm³/mol. The first kappa shape index (κ1) is 21.8. The summed E-state index contributed by atoms with van der Waals surface area (Å²) in [7, 11) is 0. The summed E-state index contributed by atoms with van der Waals surface area (Å²) in [5.41, 5.74) is 1.85. The van der Waals surface area contributed by atoms with Crippen molar-refractivity contribution >= 4 is 28.3 Å². The average Bonchev–Trinajstić information content (AvgIpc) is 2.81. The van der Waals surface area contributed by atoms with Crippen molar-refractivity contribution in [2.24, 2.45) is 0 Å². The second-order valence-corrected chi connectivity index (χ2v) is 7.97. The van der Waals surface area contributed by atoms with Crippen LogP contribution in [0.4, 0.5) is 15.8 Å². The van der Waals surface area contributed by atoms with Crippen LogP contribution in [0.25, 0.3) is 11.0 Å². The molecular weight excluding hydrogens is 411 g/mol. The molecule has 0 bridgehead atoms. The highest BCUT2D eigenvalue weighted by Crippen LogP contribution is 2.33. The van der Waals surface area contributed by atoms with Gasteiger partial charge in [-0.15, -0.1) is 0 Å². The predicted octanol–water partition coefficient (Wildman–Crippen LogP) is 3.58. The molecule has 7 nitrogen and oxygen atoms in total. The number of aromatic nitrogens is 2. The number of benzene rings is 2. The van der Waals surface area contributed by atoms with Gasteiger partial charge in [-0.2, -0.15) is 0 Å². The van der Waals surface area contributed by atoms with Gasteiger partial charge in [-0.25, -0.2) is 4.39 Å². The number of hydrogen-bond donors (Lipinski definition) is 1. The number of rotatable bonds is 5. The van der Waals surface area contributed by atoms with Crippen LogP contribution in [0.15, 0.2) is 46.0 Å². The number of carbonyl (C=O) groups excluding carboxylic acids is 1. The number of anilines is 2. The third-order valence-electron chi connectivity index (χ3n) is 6.03. The van der Waals surface area contributed by atoms with Gasteiger partial charge in [-0.1, -0.05) is 0 Å². The smallest absolute Gasteiger partial charge is 0.316 e. The van der Waals surface area contributed by atoms with Crippen LogP contribution in [0.5, 0.6) is 0 Å². The lowest BCUT2D eigenvalue weighted by Crippen LogP contribution is -2.41. The Balaban J connectivity index is 1.91. The van der Waals surface area contributed by atoms with E-state index in [1.54, 1.807) is 6.07 Å². The zero-order valence-electron chi connectivity index (χ0n) is 18.4. The normalized spacial score (nSPS) is 14.0. The number of amides is 1. The second-order valence-electron chi connectivity index (χ2n) is 7.97. The van der Waals surface area contributed by atoms with E-state index >= 15 is 0 Å². The van der Waals surface area contributed by atoms with Crippen molar-refractivity contribution in [1.29, 1.82) is 0 Å². The third kappa shape index (κ3) is 3.92. The van der Waals surface area contributed by atoms with E-state index in [4.69, 9.17) is 0 Å². The van der Waals surface area contributed by atoms with E-state index in [1.165, 1.54) is 33.4 Å². The van der Waals surface area contributed by atoms with Gasteiger partial charge in [0.1, 0.15) is 5.82 Å². The summed E-state index contributed by atoms with van der Waals surface area (Å²) in [6.07, 6.45) is 3.23. The first-order valence-corrected chi connectivity index (χ1v) is 11.1. The summed E-state index contributed by atoms with van der Waals surface area (Å²) < 4.78 is 16.2. The fourth-order valence-electron chi connectivity index (χ4n) is 4.37. The number of nitrogens with zero attached hydrogens (tertiary/aromatic N) is 3. The Morgan fingerprint density at radius 3 is 2.03 bits per heavy atom. The van der Waals surface area contributed by atoms with E-state index in [0.717, 1.165) is 38.0 Å². The Morgan fingerprint density at radius 1 is 0.906 bits per heavy atom. The van der Waals surface area contributed by atoms with Crippen LogP contribution in [0.2, 0.25) is 0 Å². The minimum absolute atomic E-state index is 0.336. The molecule has 3 aromatic rings. The molecule has 0 saturated carbocycles. The highest BCUT2D eigenvalue weighted by atomic mass is 19.1. The summed E-state index contributed by atoms with van der Waals surface area (Å²) in [5.74, 6) is -0.775. The van der Waals surface area contributed by atoms with Gasteiger partial charge in [0, 0.05) is 31.7 Å². The monoisotopic (exact) mass is 438 g/mol. The van der Waals surface area contributed by atoms with E-state index in [0.29, 0.717) is 35.4 Å². The van der Waals surface area contributed by atoms with Gasteiger partial charge in [0.05, 0.1) is 22.4 Å². The average molecular weight is 439 g/mol. The molecular formula is C24H27FN4O3. The lowest BCUT2D eigenvalue weighted by molar-refractivity contribution is 0.102. The lowest BCUT2D eigenvalue weighted by atomic mass is 10.1. The van der Waals surface area contributed by atoms with Crippen LogP contribution in [0.3, 0.4) is 0 Å². The number of carbonyl (C=O) groups is 1. The van der Waals surface area contributed by atoms with E-state index in [1.807, 2.05) is 19.9 Å². The Kier molecular flexibility index (Phi) is 6.12. The Bertz CT molecular complexity index is 1270. The minimum atomic E-state index is -0.580. The minimum Gasteiger partial charge on any atom is -0.370 e. The van der Waals surface area contributed by atoms with E-state index in [9.17, 15) is 18.8 Å². The van der Waals surface area contributed by atoms with E-state index in [2.05, 4.69) is 10.2 Å². The van der Waals surface area contributed by atoms with Crippen LogP contribution >= 0.6 is 0 Å². The lowest BCUT2D eigenvalue weighted by Gasteiger charge is -2.31. The van der Waals surface area contributed by atoms with Crippen LogP contribution < -0.4 is 21.3 Å². The Labute approximate surface area is 185 Å². The molecule has 0 atom stereocenters. The summed E-state index contributed by atoms with van der Waals surface area (Å²) in [6.45, 7) is 6.04. The molecule has 2 aromatic carbocycles. The molecule has 1 aliphatic heterocycles. The molecule has 2 heterocycles. The van der Waals surface area contributed by atoms with Gasteiger partial charge in [0.15, 0.2) is 0 Å². The van der Waals surface area contributed by atoms with Crippen LogP contribution in [-0.4, -0.2) is 28.1 Å². The van der Waals surface area contributed by atoms with Crippen molar-refractivity contribution < 1.29 is 9.18 Å². The molecule has 0 radical (unpaired) electrons. The molecule has 1 saturated heterocycles. The molecule has 1 aromatic heterocycles. The van der Waals surface area contributed by atoms with Gasteiger partial charge >= 0.3 is 11.1 Å². The van der Waals surface area contributed by atoms with E-state index < -0.39 is 16.9 Å². The molecule has 168 valence electrons. The van der Waals surface area contributed by atoms with Crippen molar-refractivity contribution in [3.63, 3.8) is 0 Å². The molecule has 0 aliphatic carbocycles. The highest BCUT2D eigenvalue weighted by molar-refractivity contribution is 6.07. The summed E-state index contributed by atoms with van der Waals surface area (Å²) in [6, 6.07) is 9.03. The number of halogens is 1. The maximum Gasteiger partial charge on any atom is 0.316 e. The van der Waals surface area contributed by atoms with Crippen LogP contribution in [0, 0.1) is 5.82 Å². The van der Waals surface area contributed by atoms with Crippen molar-refractivity contribution in [2.45, 2.75) is 46.2 Å². The number of hydrogen-bond acceptors (Lipinski definition) is 4. The molecule has 1 fully saturated rings. The summed E-state index contributed by atoms with van der Waals surface area (Å²) in [4.78, 5) is 40.5. The van der Waals surface area contributed by atoms with Crippen molar-refractivity contribution in [3.8, 4) is 0 Å². The van der Waals surface area contributed by atoms with Crippen LogP contribution in [-0.2, 0) is 13.1 Å². The maximum atomic E-state index is 13.3. The molecule has 1 aliphatic rings. The zero-order valence-corrected chi connectivity index (χ0v) is 18.4. The Hall–Kier alpha value is -3.42. The SMILES string of the molecule is CCn1c(=O)c(=O)n(CC)c2cc(N3CCCCC3)c(NC(=O)c3ccc(F)cc3)cc21. The summed E-state index contributed by atoms with van der Waals surface area (Å²) in [5, 5.41) is 2.95. The summed E-state index contributed by atoms with van der Waals surface area (Å²) >= 11 is 0. The van der Waals surface area contributed by atoms with Gasteiger partial charge in [0.25, 0.3) is 5.91 Å². The number of aryl methyl sites for hydroxylation is 2. The van der Waals surface area contributed by atoms with Gasteiger partial charge < -0.3 is 19.4 Å². The molecule has 1 N–H and O–H groups in total. The second kappa shape index (κ2) is 8.98. The highest BCUT2D eigenvalue weighted by Gasteiger charge is 2.21. The van der Waals surface area contributed by atoms with Gasteiger partial charge in [-0.3, -0.25) is 14.4 Å². The first-order valence-electron chi connectivity index (χ1n) is 11.1. The number of piperidine rings is 1. The first-order chi connectivity index (χ1) is 15.4. The van der Waals surface area contributed by atoms with E-state index in [-0.39, 0.29) is 5.91 Å². The zero-order chi connectivity index (χ0) is 22.8. The molecule has 0 unspecified atom stereocenters. The fourth-order valence-corrected chi connectivity index (χ4v) is 4.37. The third-order valence-corrected chi connectivity index (χ3v) is 6.03. The largest absolute Gasteiger partial charge is 0.370 e. The van der Waals surface area contributed by atoms with Crippen molar-refractivity contribution in [1.82, 2.24) is 9.13 Å². The Morgan fingerprint density at radius 2 is 1.47 bits per heavy atom. The topological polar surface area (TPSA) is 76.3 Å². The van der Waals surface area contributed by atoms with Crippen molar-refractivity contribution in [2.75, 3.05) is 23.3 Å². The number of nitrogens with one attached hydrogen (secondary N) is 1. The molecule has 4 rings (SSSR count). The molecule has 1 amide bonds. The molecule has 0 spiro atoms. The van der Waals surface area contributed by atoms with Gasteiger partial charge in [-0.05, 0) is 69.5 Å². The van der Waals surface area contributed by atoms with Crippen molar-refractivity contribution in [3.05, 3.63) is 68.5 Å². The maximum absolute atomic E-state index is 13.3. The van der Waals surface area contributed by atoms with Gasteiger partial charge in [0.2, 0.25) is 0 Å². The number of fused-ring (bicyclic) bond motifs is 1. The van der Waals surface area contributed by atoms with Crippen LogP contribution in [0.1, 0.15) is 43.5 Å². The quantitative estimate of drug-likeness (QED) is 0.618. The molecule has 8 heteroatoms. The fraction of sp³-hybridized carbons (Fsp3) is 0.375. The molecule has 32 heavy (non-hydrogen) atoms.